The zero-order valence-corrected chi connectivity index (χ0v) is 45.6. The Hall–Kier alpha value is -2.85. The smallest absolute Gasteiger partial charge is 0.394 e. The molecule has 39 nitrogen and oxygen atoms in total. The summed E-state index contributed by atoms with van der Waals surface area (Å²) in [5.41, 5.74) is 0. The Labute approximate surface area is 470 Å². The Kier molecular flexibility index (Phi) is 24.2. The Bertz CT molecular complexity index is 2370. The number of hydrogen-bond acceptors (Lipinski definition) is 34. The number of amides is 3. The Morgan fingerprint density at radius 1 is 0.398 bits per heavy atom. The van der Waals surface area contributed by atoms with Crippen LogP contribution in [0.4, 0.5) is 0 Å². The standard InChI is InChI=1S/C42H71N3O36S2/c1-10-22(53)27(58)28(59)40(70-10)79-34-21(45-13(4)52)38(74-17(8-49)32(34)77-42-30(61)36(81-83(66,67)68)24(55)15(6-47)73-42)69-9-18-25(56)33(20(37(62)71-18)44-12(3)51)78-39-19(43-11(2)50)26(57)31(16(7-48)75-39)76-41-29(60)35(80-82(63,64)65)23(54)14(5-46)72-41/h10,14-42,46-49,53-62H,5-9H2,1-4H3,(H,43,50)(H,44,51)(H,45,52)(H,63,64,65)(H,66,67,68)/t10-,14+,15+,16+,17+,18+,19+,20+,21+,22+,23-,24-,25-,26+,27+,28-,29+,30+,31+,32+,33+,34+,35-,36-,37-,38+,39-,40-,41-,42-/m0/s1. The summed E-state index contributed by atoms with van der Waals surface area (Å²) >= 11 is 0. The molecule has 0 aromatic heterocycles. The van der Waals surface area contributed by atoms with Gasteiger partial charge >= 0.3 is 20.8 Å². The van der Waals surface area contributed by atoms with E-state index in [0.717, 1.165) is 20.8 Å². The van der Waals surface area contributed by atoms with Crippen LogP contribution in [-0.4, -0.2) is 332 Å². The molecule has 0 unspecified atom stereocenters. The molecule has 0 spiro atoms. The summed E-state index contributed by atoms with van der Waals surface area (Å²) in [6.45, 7) is -1.31. The average Bonchev–Trinajstić information content (AvgIpc) is 3.59. The number of aliphatic hydroxyl groups excluding tert-OH is 14. The van der Waals surface area contributed by atoms with E-state index in [-0.39, 0.29) is 0 Å². The first-order chi connectivity index (χ1) is 38.7. The van der Waals surface area contributed by atoms with Gasteiger partial charge in [-0.25, -0.2) is 8.37 Å². The van der Waals surface area contributed by atoms with Crippen molar-refractivity contribution in [2.45, 2.75) is 212 Å². The summed E-state index contributed by atoms with van der Waals surface area (Å²) in [4.78, 5) is 38.2. The van der Waals surface area contributed by atoms with Crippen molar-refractivity contribution in [3.8, 4) is 0 Å². The van der Waals surface area contributed by atoms with E-state index in [4.69, 9.17) is 52.1 Å². The minimum absolute atomic E-state index is 0.878. The number of hydrogen-bond donors (Lipinski definition) is 19. The van der Waals surface area contributed by atoms with Gasteiger partial charge in [-0.3, -0.25) is 23.5 Å². The zero-order valence-electron chi connectivity index (χ0n) is 44.0. The fourth-order valence-electron chi connectivity index (χ4n) is 10.0. The summed E-state index contributed by atoms with van der Waals surface area (Å²) in [6, 6.07) is -5.52. The summed E-state index contributed by atoms with van der Waals surface area (Å²) < 4.78 is 138. The third-order valence-corrected chi connectivity index (χ3v) is 14.9. The number of rotatable bonds is 22. The van der Waals surface area contributed by atoms with Gasteiger partial charge in [-0.15, -0.1) is 0 Å². The van der Waals surface area contributed by atoms with Crippen molar-refractivity contribution >= 4 is 38.5 Å². The topological polar surface area (TPSA) is 599 Å². The molecule has 6 fully saturated rings. The van der Waals surface area contributed by atoms with E-state index in [2.05, 4.69) is 24.3 Å². The lowest BCUT2D eigenvalue weighted by atomic mass is 9.93. The molecule has 30 atom stereocenters. The van der Waals surface area contributed by atoms with Crippen LogP contribution in [0.5, 0.6) is 0 Å². The zero-order chi connectivity index (χ0) is 61.9. The van der Waals surface area contributed by atoms with Crippen LogP contribution in [0, 0.1) is 0 Å². The minimum atomic E-state index is -5.46. The lowest BCUT2D eigenvalue weighted by Crippen LogP contribution is -2.71. The molecular weight excluding hydrogens is 1190 g/mol. The summed E-state index contributed by atoms with van der Waals surface area (Å²) in [7, 11) is -10.9. The second-order valence-corrected chi connectivity index (χ2v) is 22.1. The normalized spacial score (nSPS) is 45.5. The van der Waals surface area contributed by atoms with Crippen LogP contribution in [-0.2, 0) is 95.7 Å². The molecule has 6 rings (SSSR count). The first-order valence-corrected chi connectivity index (χ1v) is 28.0. The van der Waals surface area contributed by atoms with E-state index in [1.54, 1.807) is 0 Å². The molecule has 83 heavy (non-hydrogen) atoms. The molecule has 6 saturated heterocycles. The van der Waals surface area contributed by atoms with Crippen LogP contribution < -0.4 is 16.0 Å². The van der Waals surface area contributed by atoms with Gasteiger partial charge in [0, 0.05) is 20.8 Å². The second-order valence-electron chi connectivity index (χ2n) is 20.0. The molecule has 0 aromatic rings. The Morgan fingerprint density at radius 2 is 0.795 bits per heavy atom. The van der Waals surface area contributed by atoms with Crippen molar-refractivity contribution in [1.29, 1.82) is 0 Å². The Morgan fingerprint density at radius 3 is 1.28 bits per heavy atom. The maximum Gasteiger partial charge on any atom is 0.397 e. The number of carbonyl (C=O) groups is 3. The minimum Gasteiger partial charge on any atom is -0.394 e. The van der Waals surface area contributed by atoms with Gasteiger partial charge in [-0.05, 0) is 6.92 Å². The number of aliphatic hydroxyl groups is 14. The largest absolute Gasteiger partial charge is 0.397 e. The predicted molar refractivity (Wildman–Crippen MR) is 253 cm³/mol. The van der Waals surface area contributed by atoms with Gasteiger partial charge in [0.15, 0.2) is 37.7 Å². The van der Waals surface area contributed by atoms with Crippen LogP contribution in [0.25, 0.3) is 0 Å². The third kappa shape index (κ3) is 16.7. The van der Waals surface area contributed by atoms with E-state index >= 15 is 0 Å². The molecule has 0 aromatic carbocycles. The third-order valence-electron chi connectivity index (χ3n) is 14.0. The first kappa shape index (κ1) is 69.3. The van der Waals surface area contributed by atoms with Crippen molar-refractivity contribution in [3.05, 3.63) is 0 Å². The molecule has 3 amide bonds. The second kappa shape index (κ2) is 29.0. The Balaban J connectivity index is 1.30. The maximum absolute atomic E-state index is 13.0. The number of carbonyl (C=O) groups excluding carboxylic acids is 3. The molecule has 0 bridgehead atoms. The van der Waals surface area contributed by atoms with E-state index < -0.39 is 256 Å². The van der Waals surface area contributed by atoms with Gasteiger partial charge in [0.05, 0.1) is 39.1 Å². The summed E-state index contributed by atoms with van der Waals surface area (Å²) in [5, 5.41) is 159. The molecule has 0 aliphatic carbocycles. The molecule has 41 heteroatoms. The van der Waals surface area contributed by atoms with Crippen molar-refractivity contribution in [1.82, 2.24) is 16.0 Å². The number of nitrogens with one attached hydrogen (secondary N) is 3. The van der Waals surface area contributed by atoms with E-state index in [9.17, 15) is 112 Å². The van der Waals surface area contributed by atoms with Crippen LogP contribution in [0.2, 0.25) is 0 Å². The molecule has 6 heterocycles. The highest BCUT2D eigenvalue weighted by Gasteiger charge is 2.58. The van der Waals surface area contributed by atoms with Gasteiger partial charge < -0.3 is 140 Å². The molecule has 6 aliphatic heterocycles. The summed E-state index contributed by atoms with van der Waals surface area (Å²) in [5.74, 6) is -2.72. The molecule has 482 valence electrons. The summed E-state index contributed by atoms with van der Waals surface area (Å²) in [6.07, 6.45) is -54.7. The lowest BCUT2D eigenvalue weighted by Gasteiger charge is -2.51. The molecule has 6 aliphatic rings. The maximum atomic E-state index is 13.0. The molecule has 0 radical (unpaired) electrons. The molecular formula is C42H71N3O36S2. The van der Waals surface area contributed by atoms with Crippen LogP contribution >= 0.6 is 0 Å². The first-order valence-electron chi connectivity index (χ1n) is 25.3. The monoisotopic (exact) mass is 1260 g/mol. The predicted octanol–water partition coefficient (Wildman–Crippen LogP) is -13.0. The molecule has 19 N–H and O–H groups in total. The fourth-order valence-corrected chi connectivity index (χ4v) is 11.1. The lowest BCUT2D eigenvalue weighted by molar-refractivity contribution is -0.375. The van der Waals surface area contributed by atoms with Gasteiger partial charge in [-0.1, -0.05) is 0 Å². The fraction of sp³-hybridized carbons (Fsp3) is 0.929. The van der Waals surface area contributed by atoms with Gasteiger partial charge in [0.1, 0.15) is 140 Å². The van der Waals surface area contributed by atoms with E-state index in [0.29, 0.717) is 0 Å². The van der Waals surface area contributed by atoms with Crippen LogP contribution in [0.1, 0.15) is 27.7 Å². The highest BCUT2D eigenvalue weighted by molar-refractivity contribution is 7.81. The van der Waals surface area contributed by atoms with Crippen molar-refractivity contribution in [3.63, 3.8) is 0 Å². The highest BCUT2D eigenvalue weighted by atomic mass is 32.3. The van der Waals surface area contributed by atoms with Gasteiger partial charge in [0.2, 0.25) is 17.7 Å². The number of ether oxygens (including phenoxy) is 11. The van der Waals surface area contributed by atoms with Crippen molar-refractivity contribution < 1.29 is 172 Å². The quantitative estimate of drug-likeness (QED) is 0.0448. The van der Waals surface area contributed by atoms with Crippen LogP contribution in [0.3, 0.4) is 0 Å². The van der Waals surface area contributed by atoms with Crippen molar-refractivity contribution in [2.24, 2.45) is 0 Å². The van der Waals surface area contributed by atoms with E-state index in [1.807, 2.05) is 0 Å². The van der Waals surface area contributed by atoms with Gasteiger partial charge in [-0.2, -0.15) is 16.8 Å². The van der Waals surface area contributed by atoms with Crippen LogP contribution in [0.15, 0.2) is 0 Å². The average molecular weight is 1260 g/mol. The van der Waals surface area contributed by atoms with E-state index in [1.165, 1.54) is 6.92 Å². The van der Waals surface area contributed by atoms with Gasteiger partial charge in [0.25, 0.3) is 0 Å². The molecule has 0 saturated carbocycles. The SMILES string of the molecule is CC(=O)N[C@@H]1[C@@H](O[C@@H]2O[C@H](CO)[C@@H](O[C@@H]3O[C@H](CO)[C@H](O)[C@H](OS(=O)(=O)O)[C@H]3O)[C@H](O)[C@H]2NC(C)=O)[C@@H](O)[C@@H](CO[C@@H]2O[C@H](CO)[C@@H](O[C@@H]3O[C@H](CO)[C@H](O)[C@H](OS(=O)(=O)O)[C@H]3O)[C@H](O[C@@H]3O[C@@H](C)[C@@H](O)[C@@H](O)[C@@H]3O)[C@H]2NC(C)=O)O[C@@H]1O. The highest BCUT2D eigenvalue weighted by Crippen LogP contribution is 2.37. The van der Waals surface area contributed by atoms with Crippen molar-refractivity contribution in [2.75, 3.05) is 33.0 Å².